The monoisotopic (exact) mass is 561 g/mol. The number of para-hydroxylation sites is 1. The molecule has 0 aromatic heterocycles. The molecule has 0 heterocycles. The smallest absolute Gasteiger partial charge is 0.0726 e. The minimum atomic E-state index is -0.379. The standard InChI is InChI=1S/C43H31N/c1-3-14-30(4-2)31-23-25-33(26-24-31)44(32-15-6-5-7-16-32)34-27-28-38-37-19-10-13-22-41(37)43(42(38)29-34)39-20-11-8-17-35(39)36-18-9-12-21-40(36)43/h3-29H,1-2H2/b30-14+. The van der Waals surface area contributed by atoms with E-state index in [1.165, 1.54) is 44.5 Å². The lowest BCUT2D eigenvalue weighted by Gasteiger charge is -2.32. The summed E-state index contributed by atoms with van der Waals surface area (Å²) >= 11 is 0. The first-order chi connectivity index (χ1) is 21.8. The van der Waals surface area contributed by atoms with Gasteiger partial charge >= 0.3 is 0 Å². The Kier molecular flexibility index (Phi) is 6.06. The van der Waals surface area contributed by atoms with E-state index in [0.717, 1.165) is 28.2 Å². The summed E-state index contributed by atoms with van der Waals surface area (Å²) in [6.45, 7) is 7.87. The molecule has 6 aromatic carbocycles. The topological polar surface area (TPSA) is 3.24 Å². The van der Waals surface area contributed by atoms with Gasteiger partial charge in [-0.1, -0.05) is 141 Å². The number of benzene rings is 6. The number of rotatable bonds is 6. The summed E-state index contributed by atoms with van der Waals surface area (Å²) in [5.41, 5.74) is 15.7. The Balaban J connectivity index is 1.37. The molecule has 1 nitrogen and oxygen atoms in total. The number of hydrogen-bond acceptors (Lipinski definition) is 1. The van der Waals surface area contributed by atoms with Crippen LogP contribution in [0.1, 0.15) is 27.8 Å². The highest BCUT2D eigenvalue weighted by molar-refractivity contribution is 5.96. The van der Waals surface area contributed by atoms with Crippen LogP contribution in [0.2, 0.25) is 0 Å². The van der Waals surface area contributed by atoms with Gasteiger partial charge in [-0.25, -0.2) is 0 Å². The summed E-state index contributed by atoms with van der Waals surface area (Å²) in [7, 11) is 0. The van der Waals surface area contributed by atoms with Gasteiger partial charge in [0.1, 0.15) is 0 Å². The molecule has 8 rings (SSSR count). The van der Waals surface area contributed by atoms with Gasteiger partial charge in [0.05, 0.1) is 5.41 Å². The van der Waals surface area contributed by atoms with Crippen LogP contribution in [0.15, 0.2) is 177 Å². The van der Waals surface area contributed by atoms with Gasteiger partial charge in [0, 0.05) is 17.1 Å². The Morgan fingerprint density at radius 3 is 1.50 bits per heavy atom. The average Bonchev–Trinajstić information content (AvgIpc) is 3.55. The van der Waals surface area contributed by atoms with Gasteiger partial charge in [-0.2, -0.15) is 0 Å². The fourth-order valence-corrected chi connectivity index (χ4v) is 7.46. The third kappa shape index (κ3) is 3.66. The first-order valence-corrected chi connectivity index (χ1v) is 15.1. The Morgan fingerprint density at radius 2 is 0.955 bits per heavy atom. The molecule has 0 amide bonds. The molecule has 0 radical (unpaired) electrons. The minimum absolute atomic E-state index is 0.379. The van der Waals surface area contributed by atoms with Crippen molar-refractivity contribution in [1.82, 2.24) is 0 Å². The largest absolute Gasteiger partial charge is 0.310 e. The Labute approximate surface area is 259 Å². The fraction of sp³-hybridized carbons (Fsp3) is 0.0233. The zero-order valence-electron chi connectivity index (χ0n) is 24.4. The van der Waals surface area contributed by atoms with Gasteiger partial charge in [0.2, 0.25) is 0 Å². The van der Waals surface area contributed by atoms with Gasteiger partial charge in [-0.3, -0.25) is 0 Å². The SMILES string of the molecule is C=C/C=C(\C=C)c1ccc(N(c2ccccc2)c2ccc3c(c2)C2(c4ccccc4-c4ccccc42)c2ccccc2-3)cc1. The maximum atomic E-state index is 4.00. The van der Waals surface area contributed by atoms with Crippen LogP contribution in [-0.2, 0) is 5.41 Å². The van der Waals surface area contributed by atoms with E-state index in [2.05, 4.69) is 164 Å². The zero-order valence-corrected chi connectivity index (χ0v) is 24.4. The molecule has 0 N–H and O–H groups in total. The van der Waals surface area contributed by atoms with E-state index in [1.807, 2.05) is 12.2 Å². The zero-order chi connectivity index (χ0) is 29.7. The molecule has 208 valence electrons. The summed E-state index contributed by atoms with van der Waals surface area (Å²) in [4.78, 5) is 2.36. The predicted octanol–water partition coefficient (Wildman–Crippen LogP) is 11.3. The number of anilines is 3. The number of nitrogens with zero attached hydrogens (tertiary/aromatic N) is 1. The molecule has 2 aliphatic carbocycles. The second kappa shape index (κ2) is 10.3. The summed E-state index contributed by atoms with van der Waals surface area (Å²) in [6.07, 6.45) is 5.67. The quantitative estimate of drug-likeness (QED) is 0.183. The van der Waals surface area contributed by atoms with Crippen molar-refractivity contribution in [2.45, 2.75) is 5.41 Å². The lowest BCUT2D eigenvalue weighted by Crippen LogP contribution is -2.26. The minimum Gasteiger partial charge on any atom is -0.310 e. The van der Waals surface area contributed by atoms with Gasteiger partial charge in [-0.05, 0) is 92.0 Å². The molecule has 0 fully saturated rings. The second-order valence-corrected chi connectivity index (χ2v) is 11.4. The number of fused-ring (bicyclic) bond motifs is 10. The third-order valence-electron chi connectivity index (χ3n) is 9.23. The van der Waals surface area contributed by atoms with Crippen LogP contribution in [0.4, 0.5) is 17.1 Å². The molecule has 2 aliphatic rings. The van der Waals surface area contributed by atoms with E-state index in [9.17, 15) is 0 Å². The van der Waals surface area contributed by atoms with Crippen LogP contribution in [0.3, 0.4) is 0 Å². The van der Waals surface area contributed by atoms with Gasteiger partial charge < -0.3 is 4.90 Å². The van der Waals surface area contributed by atoms with Crippen LogP contribution in [0.5, 0.6) is 0 Å². The third-order valence-corrected chi connectivity index (χ3v) is 9.23. The normalized spacial score (nSPS) is 13.5. The van der Waals surface area contributed by atoms with Crippen LogP contribution in [0.25, 0.3) is 27.8 Å². The highest BCUT2D eigenvalue weighted by atomic mass is 15.1. The first kappa shape index (κ1) is 26.0. The van der Waals surface area contributed by atoms with Crippen LogP contribution in [0, 0.1) is 0 Å². The van der Waals surface area contributed by atoms with E-state index in [-0.39, 0.29) is 5.41 Å². The Bertz CT molecular complexity index is 2030. The Morgan fingerprint density at radius 1 is 0.477 bits per heavy atom. The molecule has 6 aromatic rings. The molecule has 1 spiro atoms. The second-order valence-electron chi connectivity index (χ2n) is 11.4. The van der Waals surface area contributed by atoms with E-state index in [0.29, 0.717) is 0 Å². The van der Waals surface area contributed by atoms with Crippen molar-refractivity contribution >= 4 is 22.6 Å². The van der Waals surface area contributed by atoms with E-state index in [1.54, 1.807) is 6.08 Å². The molecule has 0 saturated carbocycles. The fourth-order valence-electron chi connectivity index (χ4n) is 7.46. The highest BCUT2D eigenvalue weighted by Gasteiger charge is 2.51. The molecule has 0 atom stereocenters. The van der Waals surface area contributed by atoms with Gasteiger partial charge in [0.25, 0.3) is 0 Å². The van der Waals surface area contributed by atoms with Crippen LogP contribution >= 0.6 is 0 Å². The van der Waals surface area contributed by atoms with Crippen LogP contribution < -0.4 is 4.90 Å². The van der Waals surface area contributed by atoms with E-state index >= 15 is 0 Å². The predicted molar refractivity (Wildman–Crippen MR) is 186 cm³/mol. The molecule has 44 heavy (non-hydrogen) atoms. The van der Waals surface area contributed by atoms with Crippen molar-refractivity contribution in [2.24, 2.45) is 0 Å². The maximum Gasteiger partial charge on any atom is 0.0726 e. The lowest BCUT2D eigenvalue weighted by molar-refractivity contribution is 0.793. The Hall–Kier alpha value is -5.66. The van der Waals surface area contributed by atoms with Gasteiger partial charge in [-0.15, -0.1) is 0 Å². The van der Waals surface area contributed by atoms with Crippen LogP contribution in [-0.4, -0.2) is 0 Å². The van der Waals surface area contributed by atoms with Crippen molar-refractivity contribution in [3.05, 3.63) is 205 Å². The van der Waals surface area contributed by atoms with E-state index in [4.69, 9.17) is 0 Å². The number of allylic oxidation sites excluding steroid dienone is 4. The maximum absolute atomic E-state index is 4.00. The molecule has 0 unspecified atom stereocenters. The molecular formula is C43H31N. The van der Waals surface area contributed by atoms with Crippen molar-refractivity contribution in [3.63, 3.8) is 0 Å². The molecule has 0 aliphatic heterocycles. The van der Waals surface area contributed by atoms with Crippen molar-refractivity contribution in [2.75, 3.05) is 4.90 Å². The average molecular weight is 562 g/mol. The van der Waals surface area contributed by atoms with Crippen molar-refractivity contribution < 1.29 is 0 Å². The molecule has 0 bridgehead atoms. The summed E-state index contributed by atoms with van der Waals surface area (Å²) in [5, 5.41) is 0. The van der Waals surface area contributed by atoms with Crippen molar-refractivity contribution in [1.29, 1.82) is 0 Å². The first-order valence-electron chi connectivity index (χ1n) is 15.1. The summed E-state index contributed by atoms with van der Waals surface area (Å²) in [6, 6.07) is 53.3. The summed E-state index contributed by atoms with van der Waals surface area (Å²) in [5.74, 6) is 0. The van der Waals surface area contributed by atoms with Crippen molar-refractivity contribution in [3.8, 4) is 22.3 Å². The number of hydrogen-bond donors (Lipinski definition) is 0. The molecular weight excluding hydrogens is 530 g/mol. The lowest BCUT2D eigenvalue weighted by atomic mass is 9.70. The highest BCUT2D eigenvalue weighted by Crippen LogP contribution is 2.63. The summed E-state index contributed by atoms with van der Waals surface area (Å²) < 4.78 is 0. The molecule has 0 saturated heterocycles. The molecule has 1 heteroatoms. The van der Waals surface area contributed by atoms with Gasteiger partial charge in [0.15, 0.2) is 0 Å². The van der Waals surface area contributed by atoms with E-state index < -0.39 is 0 Å².